The van der Waals surface area contributed by atoms with Crippen molar-refractivity contribution >= 4 is 11.6 Å². The Morgan fingerprint density at radius 3 is 2.61 bits per heavy atom. The Bertz CT molecular complexity index is 608. The van der Waals surface area contributed by atoms with Gasteiger partial charge in [-0.05, 0) is 55.1 Å². The van der Waals surface area contributed by atoms with Crippen LogP contribution in [0.5, 0.6) is 0 Å². The molecule has 0 spiro atoms. The van der Waals surface area contributed by atoms with Crippen molar-refractivity contribution in [1.29, 1.82) is 0 Å². The summed E-state index contributed by atoms with van der Waals surface area (Å²) in [6, 6.07) is 0. The Labute approximate surface area is 137 Å². The highest BCUT2D eigenvalue weighted by atomic mass is 16.3. The van der Waals surface area contributed by atoms with Gasteiger partial charge in [0.25, 0.3) is 0 Å². The number of aliphatic hydroxyl groups is 2. The van der Waals surface area contributed by atoms with Gasteiger partial charge in [0, 0.05) is 23.7 Å². The van der Waals surface area contributed by atoms with Gasteiger partial charge in [-0.2, -0.15) is 0 Å². The maximum absolute atomic E-state index is 12.4. The lowest BCUT2D eigenvalue weighted by Gasteiger charge is -2.59. The van der Waals surface area contributed by atoms with Crippen molar-refractivity contribution in [2.24, 2.45) is 28.6 Å². The van der Waals surface area contributed by atoms with Crippen LogP contribution in [-0.2, 0) is 9.59 Å². The Balaban J connectivity index is 1.78. The molecule has 0 aromatic heterocycles. The maximum atomic E-state index is 12.4. The Morgan fingerprint density at radius 2 is 1.87 bits per heavy atom. The fraction of sp³-hybridized carbons (Fsp3) is 0.789. The van der Waals surface area contributed by atoms with E-state index >= 15 is 0 Å². The van der Waals surface area contributed by atoms with E-state index in [4.69, 9.17) is 0 Å². The van der Waals surface area contributed by atoms with Crippen LogP contribution in [0.15, 0.2) is 11.6 Å². The predicted octanol–water partition coefficient (Wildman–Crippen LogP) is 2.03. The zero-order valence-electron chi connectivity index (χ0n) is 13.9. The minimum Gasteiger partial charge on any atom is -0.392 e. The average Bonchev–Trinajstić information content (AvgIpc) is 2.78. The lowest BCUT2D eigenvalue weighted by molar-refractivity contribution is -0.142. The first-order chi connectivity index (χ1) is 10.8. The van der Waals surface area contributed by atoms with E-state index < -0.39 is 17.6 Å². The van der Waals surface area contributed by atoms with Crippen LogP contribution < -0.4 is 0 Å². The molecule has 7 atom stereocenters. The third kappa shape index (κ3) is 1.85. The van der Waals surface area contributed by atoms with Crippen molar-refractivity contribution in [2.45, 2.75) is 64.6 Å². The first kappa shape index (κ1) is 15.5. The SMILES string of the molecule is C[C@@]12C(=CC(=O)C[C@@H]1O)[C@H](O)C[C@@H]1[C@@H]2CC[C@]2(C)C(=O)CC[C@@H]12. The van der Waals surface area contributed by atoms with Crippen LogP contribution in [-0.4, -0.2) is 34.0 Å². The molecular weight excluding hydrogens is 292 g/mol. The number of carbonyl (C=O) groups is 2. The first-order valence-electron chi connectivity index (χ1n) is 8.93. The van der Waals surface area contributed by atoms with Gasteiger partial charge < -0.3 is 10.2 Å². The lowest BCUT2D eigenvalue weighted by atomic mass is 9.46. The number of hydrogen-bond acceptors (Lipinski definition) is 4. The van der Waals surface area contributed by atoms with Gasteiger partial charge in [0.15, 0.2) is 5.78 Å². The molecule has 0 unspecified atom stereocenters. The van der Waals surface area contributed by atoms with Gasteiger partial charge in [0.2, 0.25) is 0 Å². The molecule has 0 aromatic carbocycles. The third-order valence-electron chi connectivity index (χ3n) is 7.80. The molecule has 126 valence electrons. The maximum Gasteiger partial charge on any atom is 0.158 e. The van der Waals surface area contributed by atoms with Gasteiger partial charge in [0.1, 0.15) is 5.78 Å². The zero-order valence-corrected chi connectivity index (χ0v) is 13.9. The quantitative estimate of drug-likeness (QED) is 0.717. The van der Waals surface area contributed by atoms with Crippen molar-refractivity contribution in [3.63, 3.8) is 0 Å². The molecule has 4 rings (SSSR count). The van der Waals surface area contributed by atoms with Crippen LogP contribution in [0.2, 0.25) is 0 Å². The number of Topliss-reactive ketones (excluding diaryl/α,β-unsaturated/α-hetero) is 1. The summed E-state index contributed by atoms with van der Waals surface area (Å²) in [7, 11) is 0. The highest BCUT2D eigenvalue weighted by Gasteiger charge is 2.62. The van der Waals surface area contributed by atoms with E-state index in [2.05, 4.69) is 6.92 Å². The number of rotatable bonds is 0. The van der Waals surface area contributed by atoms with E-state index in [0.717, 1.165) is 24.8 Å². The van der Waals surface area contributed by atoms with E-state index in [1.54, 1.807) is 6.08 Å². The first-order valence-corrected chi connectivity index (χ1v) is 8.93. The Kier molecular flexibility index (Phi) is 3.21. The van der Waals surface area contributed by atoms with Crippen molar-refractivity contribution in [1.82, 2.24) is 0 Å². The fourth-order valence-electron chi connectivity index (χ4n) is 6.42. The van der Waals surface area contributed by atoms with Crippen molar-refractivity contribution in [2.75, 3.05) is 0 Å². The van der Waals surface area contributed by atoms with Gasteiger partial charge >= 0.3 is 0 Å². The van der Waals surface area contributed by atoms with Crippen LogP contribution in [0, 0.1) is 28.6 Å². The molecule has 4 nitrogen and oxygen atoms in total. The molecule has 3 saturated carbocycles. The van der Waals surface area contributed by atoms with E-state index in [-0.39, 0.29) is 29.5 Å². The summed E-state index contributed by atoms with van der Waals surface area (Å²) in [6.07, 6.45) is 4.30. The fourth-order valence-corrected chi connectivity index (χ4v) is 6.42. The molecule has 0 aliphatic heterocycles. The molecular formula is C19H26O4. The van der Waals surface area contributed by atoms with Gasteiger partial charge in [-0.25, -0.2) is 0 Å². The third-order valence-corrected chi connectivity index (χ3v) is 7.80. The van der Waals surface area contributed by atoms with Crippen molar-refractivity contribution in [3.05, 3.63) is 11.6 Å². The topological polar surface area (TPSA) is 74.6 Å². The second-order valence-electron chi connectivity index (χ2n) is 8.61. The summed E-state index contributed by atoms with van der Waals surface area (Å²) >= 11 is 0. The van der Waals surface area contributed by atoms with Crippen molar-refractivity contribution < 1.29 is 19.8 Å². The van der Waals surface area contributed by atoms with E-state index in [9.17, 15) is 19.8 Å². The molecule has 0 heterocycles. The van der Waals surface area contributed by atoms with E-state index in [1.807, 2.05) is 6.92 Å². The summed E-state index contributed by atoms with van der Waals surface area (Å²) in [4.78, 5) is 24.2. The molecule has 3 fully saturated rings. The Hall–Kier alpha value is -1.00. The van der Waals surface area contributed by atoms with E-state index in [0.29, 0.717) is 24.5 Å². The molecule has 0 saturated heterocycles. The molecule has 4 aliphatic carbocycles. The standard InChI is InChI=1S/C19H26O4/c1-18-6-5-13-11(12(18)3-4-16(18)22)9-15(21)14-7-10(20)8-17(23)19(13,14)2/h7,11-13,15,17,21,23H,3-6,8-9H2,1-2H3/t11-,12-,13-,15+,17-,18-,19+/m0/s1. The summed E-state index contributed by atoms with van der Waals surface area (Å²) in [5, 5.41) is 21.4. The van der Waals surface area contributed by atoms with Gasteiger partial charge in [0.05, 0.1) is 12.2 Å². The average molecular weight is 318 g/mol. The second kappa shape index (κ2) is 4.76. The number of ketones is 2. The van der Waals surface area contributed by atoms with Crippen LogP contribution in [0.4, 0.5) is 0 Å². The van der Waals surface area contributed by atoms with Crippen LogP contribution >= 0.6 is 0 Å². The van der Waals surface area contributed by atoms with Crippen LogP contribution in [0.25, 0.3) is 0 Å². The summed E-state index contributed by atoms with van der Waals surface area (Å²) in [5.74, 6) is 1.12. The minimum atomic E-state index is -0.723. The lowest BCUT2D eigenvalue weighted by Crippen LogP contribution is -2.58. The monoisotopic (exact) mass is 318 g/mol. The molecule has 4 aliphatic rings. The second-order valence-corrected chi connectivity index (χ2v) is 8.61. The molecule has 2 N–H and O–H groups in total. The molecule has 23 heavy (non-hydrogen) atoms. The number of carbonyl (C=O) groups excluding carboxylic acids is 2. The molecule has 0 aromatic rings. The molecule has 0 radical (unpaired) electrons. The van der Waals surface area contributed by atoms with Gasteiger partial charge in [-0.1, -0.05) is 13.8 Å². The van der Waals surface area contributed by atoms with Crippen LogP contribution in [0.1, 0.15) is 52.4 Å². The van der Waals surface area contributed by atoms with Crippen LogP contribution in [0.3, 0.4) is 0 Å². The van der Waals surface area contributed by atoms with Gasteiger partial charge in [-0.15, -0.1) is 0 Å². The highest BCUT2D eigenvalue weighted by Crippen LogP contribution is 2.64. The summed E-state index contributed by atoms with van der Waals surface area (Å²) in [6.45, 7) is 4.12. The Morgan fingerprint density at radius 1 is 1.13 bits per heavy atom. The molecule has 0 amide bonds. The van der Waals surface area contributed by atoms with E-state index in [1.165, 1.54) is 0 Å². The largest absolute Gasteiger partial charge is 0.392 e. The smallest absolute Gasteiger partial charge is 0.158 e. The molecule has 0 bridgehead atoms. The number of fused-ring (bicyclic) bond motifs is 5. The number of aliphatic hydroxyl groups excluding tert-OH is 2. The predicted molar refractivity (Wildman–Crippen MR) is 84.5 cm³/mol. The van der Waals surface area contributed by atoms with Gasteiger partial charge in [-0.3, -0.25) is 9.59 Å². The summed E-state index contributed by atoms with van der Waals surface area (Å²) in [5.41, 5.74) is -0.0349. The number of hydrogen-bond donors (Lipinski definition) is 2. The zero-order chi connectivity index (χ0) is 16.6. The highest BCUT2D eigenvalue weighted by molar-refractivity contribution is 5.92. The van der Waals surface area contributed by atoms with Crippen molar-refractivity contribution in [3.8, 4) is 0 Å². The normalized spacial score (nSPS) is 52.5. The summed E-state index contributed by atoms with van der Waals surface area (Å²) < 4.78 is 0. The molecule has 4 heteroatoms. The minimum absolute atomic E-state index is 0.0841.